The minimum atomic E-state index is -0.145. The second-order valence-electron chi connectivity index (χ2n) is 14.4. The van der Waals surface area contributed by atoms with Crippen LogP contribution in [0.1, 0.15) is 58.7 Å². The summed E-state index contributed by atoms with van der Waals surface area (Å²) in [6, 6.07) is 37.0. The van der Waals surface area contributed by atoms with Crippen LogP contribution in [0.3, 0.4) is 0 Å². The van der Waals surface area contributed by atoms with Gasteiger partial charge in [-0.05, 0) is 110 Å². The quantitative estimate of drug-likeness (QED) is 0.140. The van der Waals surface area contributed by atoms with E-state index in [-0.39, 0.29) is 5.41 Å². The van der Waals surface area contributed by atoms with Crippen molar-refractivity contribution in [1.82, 2.24) is 19.9 Å². The van der Waals surface area contributed by atoms with Crippen molar-refractivity contribution in [3.63, 3.8) is 0 Å². The first kappa shape index (κ1) is 34.6. The largest absolute Gasteiger partial charge is 0.355 e. The van der Waals surface area contributed by atoms with Crippen molar-refractivity contribution in [2.75, 3.05) is 0 Å². The molecule has 5 heterocycles. The van der Waals surface area contributed by atoms with E-state index in [1.165, 1.54) is 16.7 Å². The molecule has 0 radical (unpaired) electrons. The summed E-state index contributed by atoms with van der Waals surface area (Å²) < 4.78 is 0. The highest BCUT2D eigenvalue weighted by atomic mass is 14.8. The van der Waals surface area contributed by atoms with Crippen LogP contribution in [-0.4, -0.2) is 19.9 Å². The van der Waals surface area contributed by atoms with Crippen molar-refractivity contribution in [3.8, 4) is 33.4 Å². The monoisotopic (exact) mass is 700 g/mol. The smallest absolute Gasteiger partial charge is 0.0737 e. The third-order valence-electron chi connectivity index (χ3n) is 10.6. The van der Waals surface area contributed by atoms with E-state index in [1.807, 2.05) is 18.2 Å². The Morgan fingerprint density at radius 3 is 1.43 bits per heavy atom. The fraction of sp³-hybridized carbons (Fsp3) is 0.120. The molecule has 4 heteroatoms. The number of rotatable bonds is 10. The minimum absolute atomic E-state index is 0.145. The molecule has 54 heavy (non-hydrogen) atoms. The van der Waals surface area contributed by atoms with E-state index < -0.39 is 0 Å². The van der Waals surface area contributed by atoms with Crippen LogP contribution in [0.5, 0.6) is 0 Å². The third kappa shape index (κ3) is 6.52. The van der Waals surface area contributed by atoms with Gasteiger partial charge in [0.1, 0.15) is 0 Å². The molecule has 8 bridgehead atoms. The number of nitrogens with zero attached hydrogens (tertiary/aromatic N) is 2. The number of hydrogen-bond acceptors (Lipinski definition) is 2. The van der Waals surface area contributed by atoms with Crippen molar-refractivity contribution in [2.45, 2.75) is 38.5 Å². The van der Waals surface area contributed by atoms with Gasteiger partial charge in [0.2, 0.25) is 0 Å². The minimum Gasteiger partial charge on any atom is -0.355 e. The number of allylic oxidation sites excluding steroid dienone is 3. The molecular weight excluding hydrogens is 657 g/mol. The highest BCUT2D eigenvalue weighted by molar-refractivity contribution is 5.97. The van der Waals surface area contributed by atoms with Gasteiger partial charge in [-0.2, -0.15) is 0 Å². The Labute approximate surface area is 317 Å². The highest BCUT2D eigenvalue weighted by Gasteiger charge is 2.28. The molecule has 4 nitrogen and oxygen atoms in total. The number of aromatic nitrogens is 4. The normalized spacial score (nSPS) is 12.2. The molecule has 0 unspecified atom stereocenters. The molecule has 8 rings (SSSR count). The molecule has 0 saturated heterocycles. The fourth-order valence-electron chi connectivity index (χ4n) is 7.91. The van der Waals surface area contributed by atoms with Crippen LogP contribution >= 0.6 is 0 Å². The molecule has 2 N–H and O–H groups in total. The van der Waals surface area contributed by atoms with E-state index in [1.54, 1.807) is 0 Å². The van der Waals surface area contributed by atoms with E-state index in [9.17, 15) is 0 Å². The molecule has 3 aromatic carbocycles. The van der Waals surface area contributed by atoms with Crippen LogP contribution in [0, 0.1) is 13.8 Å². The van der Waals surface area contributed by atoms with Crippen molar-refractivity contribution in [2.24, 2.45) is 0 Å². The zero-order chi connectivity index (χ0) is 37.2. The van der Waals surface area contributed by atoms with Gasteiger partial charge in [0.25, 0.3) is 0 Å². The summed E-state index contributed by atoms with van der Waals surface area (Å²) in [6.45, 7) is 16.5. The zero-order valence-corrected chi connectivity index (χ0v) is 31.0. The number of aromatic amines is 2. The van der Waals surface area contributed by atoms with Crippen LogP contribution < -0.4 is 0 Å². The number of nitrogens with one attached hydrogen (secondary N) is 2. The lowest BCUT2D eigenvalue weighted by Crippen LogP contribution is -2.24. The van der Waals surface area contributed by atoms with Gasteiger partial charge in [-0.1, -0.05) is 102 Å². The Balaban J connectivity index is 1.45. The number of benzene rings is 3. The van der Waals surface area contributed by atoms with Gasteiger partial charge >= 0.3 is 0 Å². The molecule has 0 atom stereocenters. The Morgan fingerprint density at radius 1 is 0.500 bits per heavy atom. The van der Waals surface area contributed by atoms with Crippen molar-refractivity contribution in [3.05, 3.63) is 181 Å². The first-order valence-electron chi connectivity index (χ1n) is 18.6. The lowest BCUT2D eigenvalue weighted by molar-refractivity contribution is 0.442. The zero-order valence-electron chi connectivity index (χ0n) is 31.0. The molecular formula is C50H44N4. The maximum Gasteiger partial charge on any atom is 0.0737 e. The first-order valence-corrected chi connectivity index (χ1v) is 18.6. The van der Waals surface area contributed by atoms with E-state index in [4.69, 9.17) is 9.97 Å². The predicted molar refractivity (Wildman–Crippen MR) is 231 cm³/mol. The highest BCUT2D eigenvalue weighted by Crippen LogP contribution is 2.40. The number of aryl methyl sites for hydroxylation is 2. The molecule has 0 spiro atoms. The van der Waals surface area contributed by atoms with Gasteiger partial charge in [-0.3, -0.25) is 0 Å². The fourth-order valence-corrected chi connectivity index (χ4v) is 7.91. The summed E-state index contributed by atoms with van der Waals surface area (Å²) in [7, 11) is 0. The average molecular weight is 701 g/mol. The average Bonchev–Trinajstić information content (AvgIpc) is 4.01. The Morgan fingerprint density at radius 2 is 0.926 bits per heavy atom. The van der Waals surface area contributed by atoms with Gasteiger partial charge < -0.3 is 9.97 Å². The molecule has 3 aromatic heterocycles. The molecule has 0 aliphatic carbocycles. The molecule has 0 fully saturated rings. The molecule has 6 aromatic rings. The summed E-state index contributed by atoms with van der Waals surface area (Å²) >= 11 is 0. The van der Waals surface area contributed by atoms with Crippen molar-refractivity contribution < 1.29 is 0 Å². The van der Waals surface area contributed by atoms with Crippen molar-refractivity contribution >= 4 is 46.4 Å². The summed E-state index contributed by atoms with van der Waals surface area (Å²) in [5.74, 6) is 0. The van der Waals surface area contributed by atoms with Crippen LogP contribution in [0.4, 0.5) is 0 Å². The molecule has 2 aliphatic rings. The van der Waals surface area contributed by atoms with Gasteiger partial charge in [-0.15, -0.1) is 19.7 Å². The number of hydrogen-bond donors (Lipinski definition) is 2. The Hall–Kier alpha value is -6.52. The molecule has 264 valence electrons. The van der Waals surface area contributed by atoms with Crippen LogP contribution in [-0.2, 0) is 5.41 Å². The number of H-pyrrole nitrogens is 2. The van der Waals surface area contributed by atoms with E-state index in [0.717, 1.165) is 97.5 Å². The topological polar surface area (TPSA) is 57.4 Å². The summed E-state index contributed by atoms with van der Waals surface area (Å²) in [5.41, 5.74) is 17.4. The lowest BCUT2D eigenvalue weighted by atomic mass is 9.72. The Bertz CT molecular complexity index is 2560. The van der Waals surface area contributed by atoms with Crippen LogP contribution in [0.15, 0.2) is 141 Å². The van der Waals surface area contributed by atoms with Gasteiger partial charge in [0.15, 0.2) is 0 Å². The molecule has 2 aliphatic heterocycles. The maximum atomic E-state index is 5.42. The van der Waals surface area contributed by atoms with Gasteiger partial charge in [0.05, 0.1) is 22.8 Å². The van der Waals surface area contributed by atoms with E-state index in [0.29, 0.717) is 0 Å². The third-order valence-corrected chi connectivity index (χ3v) is 10.6. The van der Waals surface area contributed by atoms with E-state index in [2.05, 4.69) is 171 Å². The van der Waals surface area contributed by atoms with Crippen molar-refractivity contribution in [1.29, 1.82) is 0 Å². The van der Waals surface area contributed by atoms with Gasteiger partial charge in [-0.25, -0.2) is 9.97 Å². The van der Waals surface area contributed by atoms with Gasteiger partial charge in [0, 0.05) is 44.2 Å². The summed E-state index contributed by atoms with van der Waals surface area (Å²) in [6.07, 6.45) is 17.0. The summed E-state index contributed by atoms with van der Waals surface area (Å²) in [5, 5.41) is 0. The number of fused-ring (bicyclic) bond motifs is 8. The predicted octanol–water partition coefficient (Wildman–Crippen LogP) is 13.2. The first-order chi connectivity index (χ1) is 26.4. The lowest BCUT2D eigenvalue weighted by Gasteiger charge is -2.32. The molecule has 0 amide bonds. The summed E-state index contributed by atoms with van der Waals surface area (Å²) in [4.78, 5) is 18.1. The Kier molecular flexibility index (Phi) is 9.27. The van der Waals surface area contributed by atoms with Crippen LogP contribution in [0.2, 0.25) is 0 Å². The molecule has 0 saturated carbocycles. The SMILES string of the molecule is C=CCC(CC=C)(CC=C)c1ccc(-c2c3nc(c(-c4ccc(C)cc4)c4ccc(cc5nc(c(-c6ccc(C)cc6)c6ccc2[nH]6)C=C5)[nH]4)C=C3)cc1. The van der Waals surface area contributed by atoms with Crippen LogP contribution in [0.25, 0.3) is 79.8 Å². The standard InChI is InChI=1S/C50H44N4/c1-6-29-50(30-7-2,31-8-3)38-19-17-37(18-20-38)49-45-27-25-43(53-45)47(35-13-9-33(4)10-14-35)41-23-21-39(51-41)32-40-22-24-42(52-40)48(44-26-28-46(49)54-44)36-15-11-34(5)12-16-36/h6-28,32,51,54H,1-3,29-31H2,4-5H3. The van der Waals surface area contributed by atoms with E-state index >= 15 is 0 Å². The maximum absolute atomic E-state index is 5.42. The second kappa shape index (κ2) is 14.5. The second-order valence-corrected chi connectivity index (χ2v) is 14.4.